The first-order valence-electron chi connectivity index (χ1n) is 9.13. The van der Waals surface area contributed by atoms with Crippen molar-refractivity contribution in [1.82, 2.24) is 9.36 Å². The molecule has 2 heterocycles. The molecule has 0 saturated carbocycles. The summed E-state index contributed by atoms with van der Waals surface area (Å²) >= 11 is 1.45. The number of para-hydroxylation sites is 1. The zero-order chi connectivity index (χ0) is 20.7. The van der Waals surface area contributed by atoms with Gasteiger partial charge in [-0.15, -0.1) is 11.8 Å². The van der Waals surface area contributed by atoms with Gasteiger partial charge >= 0.3 is 0 Å². The van der Waals surface area contributed by atoms with Crippen LogP contribution in [0.25, 0.3) is 5.69 Å². The minimum absolute atomic E-state index is 0.0929. The molecular weight excluding hydrogens is 388 g/mol. The number of amides is 2. The lowest BCUT2D eigenvalue weighted by Crippen LogP contribution is -2.27. The van der Waals surface area contributed by atoms with E-state index in [1.165, 1.54) is 16.4 Å². The maximum absolute atomic E-state index is 13.0. The van der Waals surface area contributed by atoms with E-state index in [0.29, 0.717) is 22.6 Å². The molecule has 2 aromatic carbocycles. The van der Waals surface area contributed by atoms with Crippen molar-refractivity contribution in [1.29, 1.82) is 0 Å². The molecule has 0 fully saturated rings. The molecule has 0 saturated heterocycles. The Morgan fingerprint density at radius 2 is 1.86 bits per heavy atom. The molecule has 1 aliphatic heterocycles. The third-order valence-corrected chi connectivity index (χ3v) is 6.14. The first-order valence-corrected chi connectivity index (χ1v) is 10.0. The van der Waals surface area contributed by atoms with Crippen molar-refractivity contribution in [3.63, 3.8) is 0 Å². The van der Waals surface area contributed by atoms with Crippen LogP contribution in [0.1, 0.15) is 23.0 Å². The van der Waals surface area contributed by atoms with Gasteiger partial charge in [-0.2, -0.15) is 0 Å². The second-order valence-corrected chi connectivity index (χ2v) is 8.23. The van der Waals surface area contributed by atoms with Gasteiger partial charge in [0, 0.05) is 17.5 Å². The SMILES string of the molecule is Cc1c(NC(=O)c2ccc3c(c2)NC(=O)C(C)S3)c(=O)n(-c2ccccc2)n1C. The van der Waals surface area contributed by atoms with Gasteiger partial charge in [-0.25, -0.2) is 4.68 Å². The summed E-state index contributed by atoms with van der Waals surface area (Å²) in [5, 5.41) is 5.38. The smallest absolute Gasteiger partial charge is 0.295 e. The Morgan fingerprint density at radius 1 is 1.14 bits per heavy atom. The van der Waals surface area contributed by atoms with Crippen molar-refractivity contribution < 1.29 is 9.59 Å². The average Bonchev–Trinajstić information content (AvgIpc) is 2.92. The predicted octanol–water partition coefficient (Wildman–Crippen LogP) is 3.17. The van der Waals surface area contributed by atoms with Crippen LogP contribution in [-0.2, 0) is 11.8 Å². The minimum atomic E-state index is -0.406. The molecule has 1 atom stereocenters. The van der Waals surface area contributed by atoms with Gasteiger partial charge < -0.3 is 10.6 Å². The molecule has 2 amide bonds. The topological polar surface area (TPSA) is 85.1 Å². The van der Waals surface area contributed by atoms with Crippen LogP contribution < -0.4 is 16.2 Å². The van der Waals surface area contributed by atoms with Gasteiger partial charge in [0.1, 0.15) is 5.69 Å². The second kappa shape index (κ2) is 7.29. The fourth-order valence-corrected chi connectivity index (χ4v) is 4.18. The number of carbonyl (C=O) groups is 2. The van der Waals surface area contributed by atoms with Crippen molar-refractivity contribution in [3.05, 3.63) is 70.1 Å². The zero-order valence-electron chi connectivity index (χ0n) is 16.2. The van der Waals surface area contributed by atoms with Crippen LogP contribution in [0.3, 0.4) is 0 Å². The van der Waals surface area contributed by atoms with E-state index in [1.807, 2.05) is 43.3 Å². The van der Waals surface area contributed by atoms with Gasteiger partial charge in [0.2, 0.25) is 5.91 Å². The fourth-order valence-electron chi connectivity index (χ4n) is 3.25. The first kappa shape index (κ1) is 19.1. The monoisotopic (exact) mass is 408 g/mol. The van der Waals surface area contributed by atoms with Crippen LogP contribution in [0.15, 0.2) is 58.2 Å². The predicted molar refractivity (Wildman–Crippen MR) is 114 cm³/mol. The molecule has 0 aliphatic carbocycles. The summed E-state index contributed by atoms with van der Waals surface area (Å²) in [5.74, 6) is -0.499. The van der Waals surface area contributed by atoms with Crippen molar-refractivity contribution in [2.75, 3.05) is 10.6 Å². The molecule has 8 heteroatoms. The van der Waals surface area contributed by atoms with E-state index in [4.69, 9.17) is 0 Å². The van der Waals surface area contributed by atoms with E-state index in [2.05, 4.69) is 10.6 Å². The highest BCUT2D eigenvalue weighted by molar-refractivity contribution is 8.00. The molecule has 4 rings (SSSR count). The second-order valence-electron chi connectivity index (χ2n) is 6.85. The molecule has 1 unspecified atom stereocenters. The number of hydrogen-bond donors (Lipinski definition) is 2. The maximum Gasteiger partial charge on any atom is 0.295 e. The number of benzene rings is 2. The third kappa shape index (κ3) is 3.36. The normalized spacial score (nSPS) is 15.6. The molecule has 148 valence electrons. The highest BCUT2D eigenvalue weighted by Gasteiger charge is 2.24. The van der Waals surface area contributed by atoms with Gasteiger partial charge in [0.15, 0.2) is 0 Å². The Balaban J connectivity index is 1.66. The number of thioether (sulfide) groups is 1. The number of fused-ring (bicyclic) bond motifs is 1. The van der Waals surface area contributed by atoms with Crippen LogP contribution >= 0.6 is 11.8 Å². The van der Waals surface area contributed by atoms with E-state index < -0.39 is 5.91 Å². The zero-order valence-corrected chi connectivity index (χ0v) is 17.0. The molecule has 0 spiro atoms. The quantitative estimate of drug-likeness (QED) is 0.697. The molecule has 0 radical (unpaired) electrons. The van der Waals surface area contributed by atoms with E-state index in [-0.39, 0.29) is 22.4 Å². The van der Waals surface area contributed by atoms with Crippen LogP contribution in [0.4, 0.5) is 11.4 Å². The number of nitrogens with zero attached hydrogens (tertiary/aromatic N) is 2. The minimum Gasteiger partial charge on any atom is -0.324 e. The largest absolute Gasteiger partial charge is 0.324 e. The van der Waals surface area contributed by atoms with Crippen molar-refractivity contribution in [2.45, 2.75) is 24.0 Å². The first-order chi connectivity index (χ1) is 13.9. The highest BCUT2D eigenvalue weighted by Crippen LogP contribution is 2.36. The summed E-state index contributed by atoms with van der Waals surface area (Å²) in [6.07, 6.45) is 0. The molecule has 7 nitrogen and oxygen atoms in total. The van der Waals surface area contributed by atoms with Crippen molar-refractivity contribution in [2.24, 2.45) is 7.05 Å². The Hall–Kier alpha value is -3.26. The Bertz CT molecular complexity index is 1180. The van der Waals surface area contributed by atoms with Gasteiger partial charge in [-0.05, 0) is 44.2 Å². The van der Waals surface area contributed by atoms with Gasteiger partial charge in [-0.1, -0.05) is 18.2 Å². The summed E-state index contributed by atoms with van der Waals surface area (Å²) in [6, 6.07) is 14.4. The van der Waals surface area contributed by atoms with E-state index >= 15 is 0 Å². The van der Waals surface area contributed by atoms with Crippen LogP contribution in [-0.4, -0.2) is 26.4 Å². The summed E-state index contributed by atoms with van der Waals surface area (Å²) in [6.45, 7) is 3.61. The molecular formula is C21H20N4O3S. The van der Waals surface area contributed by atoms with Gasteiger partial charge in [0.05, 0.1) is 22.3 Å². The summed E-state index contributed by atoms with van der Waals surface area (Å²) in [5.41, 5.74) is 2.26. The number of anilines is 2. The number of rotatable bonds is 3. The summed E-state index contributed by atoms with van der Waals surface area (Å²) < 4.78 is 3.22. The lowest BCUT2D eigenvalue weighted by molar-refractivity contribution is -0.115. The number of carbonyl (C=O) groups excluding carboxylic acids is 2. The lowest BCUT2D eigenvalue weighted by atomic mass is 10.1. The average molecular weight is 408 g/mol. The molecule has 2 N–H and O–H groups in total. The standard InChI is InChI=1S/C21H20N4O3S/c1-12-18(21(28)25(24(12)3)15-7-5-4-6-8-15)23-20(27)14-9-10-17-16(11-14)22-19(26)13(2)29-17/h4-11,13H,1-3H3,(H,22,26)(H,23,27). The van der Waals surface area contributed by atoms with Crippen LogP contribution in [0.2, 0.25) is 0 Å². The Morgan fingerprint density at radius 3 is 2.59 bits per heavy atom. The Kier molecular flexibility index (Phi) is 4.79. The maximum atomic E-state index is 13.0. The van der Waals surface area contributed by atoms with Gasteiger partial charge in [-0.3, -0.25) is 19.1 Å². The number of hydrogen-bond acceptors (Lipinski definition) is 4. The molecule has 3 aromatic rings. The number of nitrogens with one attached hydrogen (secondary N) is 2. The van der Waals surface area contributed by atoms with Crippen LogP contribution in [0.5, 0.6) is 0 Å². The van der Waals surface area contributed by atoms with Crippen molar-refractivity contribution in [3.8, 4) is 5.69 Å². The summed E-state index contributed by atoms with van der Waals surface area (Å²) in [7, 11) is 1.77. The number of aromatic nitrogens is 2. The van der Waals surface area contributed by atoms with E-state index in [0.717, 1.165) is 4.90 Å². The van der Waals surface area contributed by atoms with E-state index in [1.54, 1.807) is 30.8 Å². The lowest BCUT2D eigenvalue weighted by Gasteiger charge is -2.21. The fraction of sp³-hybridized carbons (Fsp3) is 0.190. The molecule has 0 bridgehead atoms. The van der Waals surface area contributed by atoms with E-state index in [9.17, 15) is 14.4 Å². The molecule has 1 aromatic heterocycles. The van der Waals surface area contributed by atoms with Gasteiger partial charge in [0.25, 0.3) is 11.5 Å². The Labute approximate surface area is 171 Å². The third-order valence-electron chi connectivity index (χ3n) is 4.97. The molecule has 1 aliphatic rings. The van der Waals surface area contributed by atoms with Crippen molar-refractivity contribution >= 4 is 35.0 Å². The molecule has 29 heavy (non-hydrogen) atoms. The van der Waals surface area contributed by atoms with Crippen LogP contribution in [0, 0.1) is 6.92 Å². The summed E-state index contributed by atoms with van der Waals surface area (Å²) in [4.78, 5) is 38.6. The highest BCUT2D eigenvalue weighted by atomic mass is 32.2.